The zero-order chi connectivity index (χ0) is 21.6. The van der Waals surface area contributed by atoms with Crippen LogP contribution in [0.25, 0.3) is 0 Å². The van der Waals surface area contributed by atoms with E-state index in [0.29, 0.717) is 11.7 Å². The SMILES string of the molecule is CCC(C)c1ccc(Oc2ccccc2S(=O)(=O)NC(C=O)CC(=O)O)cc1C. The molecule has 8 heteroatoms. The third-order valence-electron chi connectivity index (χ3n) is 4.62. The van der Waals surface area contributed by atoms with Gasteiger partial charge in [-0.2, -0.15) is 0 Å². The van der Waals surface area contributed by atoms with Crippen molar-refractivity contribution in [3.63, 3.8) is 0 Å². The van der Waals surface area contributed by atoms with Gasteiger partial charge < -0.3 is 14.6 Å². The van der Waals surface area contributed by atoms with Crippen LogP contribution in [-0.4, -0.2) is 31.8 Å². The summed E-state index contributed by atoms with van der Waals surface area (Å²) in [5.74, 6) is -0.327. The maximum Gasteiger partial charge on any atom is 0.305 e. The molecule has 2 N–H and O–H groups in total. The largest absolute Gasteiger partial charge is 0.481 e. The number of sulfonamides is 1. The molecular formula is C21H25NO6S. The number of benzene rings is 2. The van der Waals surface area contributed by atoms with Gasteiger partial charge in [-0.25, -0.2) is 13.1 Å². The molecule has 2 rings (SSSR count). The first-order chi connectivity index (χ1) is 13.7. The van der Waals surface area contributed by atoms with Crippen molar-refractivity contribution in [1.29, 1.82) is 0 Å². The molecule has 0 saturated heterocycles. The van der Waals surface area contributed by atoms with Crippen molar-refractivity contribution < 1.29 is 27.9 Å². The molecule has 2 aromatic carbocycles. The highest BCUT2D eigenvalue weighted by Crippen LogP contribution is 2.31. The summed E-state index contributed by atoms with van der Waals surface area (Å²) in [6, 6.07) is 10.2. The Morgan fingerprint density at radius 2 is 1.93 bits per heavy atom. The molecule has 0 aliphatic carbocycles. The second-order valence-corrected chi connectivity index (χ2v) is 8.52. The number of hydrogen-bond donors (Lipinski definition) is 2. The molecule has 29 heavy (non-hydrogen) atoms. The summed E-state index contributed by atoms with van der Waals surface area (Å²) in [5.41, 5.74) is 2.24. The zero-order valence-corrected chi connectivity index (χ0v) is 17.4. The van der Waals surface area contributed by atoms with Crippen molar-refractivity contribution in [3.05, 3.63) is 53.6 Å². The number of carboxylic acids is 1. The van der Waals surface area contributed by atoms with Crippen LogP contribution in [-0.2, 0) is 19.6 Å². The fraction of sp³-hybridized carbons (Fsp3) is 0.333. The van der Waals surface area contributed by atoms with Crippen LogP contribution in [0.2, 0.25) is 0 Å². The number of carbonyl (C=O) groups excluding carboxylic acids is 1. The van der Waals surface area contributed by atoms with Crippen molar-refractivity contribution in [1.82, 2.24) is 4.72 Å². The predicted octanol–water partition coefficient (Wildman–Crippen LogP) is 3.62. The van der Waals surface area contributed by atoms with Gasteiger partial charge in [0.05, 0.1) is 12.5 Å². The molecule has 0 aliphatic rings. The van der Waals surface area contributed by atoms with Gasteiger partial charge in [-0.15, -0.1) is 0 Å². The van der Waals surface area contributed by atoms with Crippen molar-refractivity contribution in [2.24, 2.45) is 0 Å². The number of aliphatic carboxylic acids is 1. The molecule has 0 fully saturated rings. The van der Waals surface area contributed by atoms with Crippen molar-refractivity contribution in [3.8, 4) is 11.5 Å². The molecule has 0 saturated carbocycles. The van der Waals surface area contributed by atoms with Crippen molar-refractivity contribution in [2.45, 2.75) is 50.5 Å². The molecule has 0 aromatic heterocycles. The van der Waals surface area contributed by atoms with E-state index in [4.69, 9.17) is 9.84 Å². The molecule has 0 bridgehead atoms. The third kappa shape index (κ3) is 5.88. The lowest BCUT2D eigenvalue weighted by Crippen LogP contribution is -2.37. The highest BCUT2D eigenvalue weighted by atomic mass is 32.2. The smallest absolute Gasteiger partial charge is 0.305 e. The Bertz CT molecular complexity index is 986. The number of aldehydes is 1. The zero-order valence-electron chi connectivity index (χ0n) is 16.6. The molecule has 7 nitrogen and oxygen atoms in total. The van der Waals surface area contributed by atoms with Gasteiger partial charge in [0.1, 0.15) is 22.7 Å². The van der Waals surface area contributed by atoms with E-state index in [1.807, 2.05) is 19.1 Å². The average molecular weight is 419 g/mol. The first kappa shape index (κ1) is 22.6. The predicted molar refractivity (Wildman–Crippen MR) is 109 cm³/mol. The molecule has 2 atom stereocenters. The fourth-order valence-corrected chi connectivity index (χ4v) is 4.23. The van der Waals surface area contributed by atoms with E-state index >= 15 is 0 Å². The summed E-state index contributed by atoms with van der Waals surface area (Å²) < 4.78 is 33.3. The first-order valence-electron chi connectivity index (χ1n) is 9.24. The Balaban J connectivity index is 2.32. The Morgan fingerprint density at radius 1 is 1.24 bits per heavy atom. The summed E-state index contributed by atoms with van der Waals surface area (Å²) in [6.45, 7) is 6.22. The molecule has 0 amide bonds. The van der Waals surface area contributed by atoms with Gasteiger partial charge in [0.25, 0.3) is 0 Å². The molecule has 0 aliphatic heterocycles. The molecule has 2 aromatic rings. The van der Waals surface area contributed by atoms with Crippen molar-refractivity contribution in [2.75, 3.05) is 0 Å². The molecule has 156 valence electrons. The molecular weight excluding hydrogens is 394 g/mol. The minimum Gasteiger partial charge on any atom is -0.481 e. The van der Waals surface area contributed by atoms with Gasteiger partial charge in [0, 0.05) is 0 Å². The number of carbonyl (C=O) groups is 2. The summed E-state index contributed by atoms with van der Waals surface area (Å²) in [6.07, 6.45) is 0.607. The van der Waals surface area contributed by atoms with Crippen LogP contribution in [0.5, 0.6) is 11.5 Å². The Morgan fingerprint density at radius 3 is 2.52 bits per heavy atom. The third-order valence-corrected chi connectivity index (χ3v) is 6.15. The van der Waals surface area contributed by atoms with Gasteiger partial charge in [-0.05, 0) is 54.7 Å². The van der Waals surface area contributed by atoms with Gasteiger partial charge in [0.2, 0.25) is 10.0 Å². The number of aryl methyl sites for hydroxylation is 1. The van der Waals surface area contributed by atoms with E-state index in [1.54, 1.807) is 12.1 Å². The number of nitrogens with one attached hydrogen (secondary N) is 1. The van der Waals surface area contributed by atoms with Crippen molar-refractivity contribution >= 4 is 22.3 Å². The van der Waals surface area contributed by atoms with Gasteiger partial charge in [0.15, 0.2) is 0 Å². The summed E-state index contributed by atoms with van der Waals surface area (Å²) in [4.78, 5) is 21.7. The quantitative estimate of drug-likeness (QED) is 0.569. The maximum absolute atomic E-state index is 12.7. The Kier molecular flexibility index (Phi) is 7.53. The Hall–Kier alpha value is -2.71. The topological polar surface area (TPSA) is 110 Å². The maximum atomic E-state index is 12.7. The molecule has 0 spiro atoms. The average Bonchev–Trinajstić information content (AvgIpc) is 2.66. The van der Waals surface area contributed by atoms with E-state index in [1.165, 1.54) is 23.8 Å². The molecule has 0 radical (unpaired) electrons. The lowest BCUT2D eigenvalue weighted by atomic mass is 9.94. The lowest BCUT2D eigenvalue weighted by molar-refractivity contribution is -0.138. The van der Waals surface area contributed by atoms with Crippen LogP contribution in [0.15, 0.2) is 47.4 Å². The fourth-order valence-electron chi connectivity index (χ4n) is 2.94. The van der Waals surface area contributed by atoms with E-state index in [-0.39, 0.29) is 16.9 Å². The molecule has 2 unspecified atom stereocenters. The number of carboxylic acid groups (broad SMARTS) is 1. The Labute approximate surface area is 170 Å². The number of hydrogen-bond acceptors (Lipinski definition) is 5. The number of rotatable bonds is 10. The summed E-state index contributed by atoms with van der Waals surface area (Å²) >= 11 is 0. The van der Waals surface area contributed by atoms with Gasteiger partial charge in [-0.1, -0.05) is 32.0 Å². The van der Waals surface area contributed by atoms with Crippen LogP contribution in [0.4, 0.5) is 0 Å². The highest BCUT2D eigenvalue weighted by Gasteiger charge is 2.25. The van der Waals surface area contributed by atoms with E-state index < -0.39 is 28.5 Å². The van der Waals surface area contributed by atoms with Crippen LogP contribution < -0.4 is 9.46 Å². The van der Waals surface area contributed by atoms with Gasteiger partial charge >= 0.3 is 5.97 Å². The van der Waals surface area contributed by atoms with Crippen LogP contribution >= 0.6 is 0 Å². The van der Waals surface area contributed by atoms with Gasteiger partial charge in [-0.3, -0.25) is 4.79 Å². The van der Waals surface area contributed by atoms with E-state index in [0.717, 1.165) is 12.0 Å². The van der Waals surface area contributed by atoms with Crippen LogP contribution in [0.1, 0.15) is 43.7 Å². The second kappa shape index (κ2) is 9.67. The number of ether oxygens (including phenoxy) is 1. The highest BCUT2D eigenvalue weighted by molar-refractivity contribution is 7.89. The van der Waals surface area contributed by atoms with Crippen LogP contribution in [0.3, 0.4) is 0 Å². The standard InChI is InChI=1S/C21H25NO6S/c1-4-14(2)18-10-9-17(11-15(18)3)28-19-7-5-6-8-20(19)29(26,27)22-16(13-23)12-21(24)25/h5-11,13-14,16,22H,4,12H2,1-3H3,(H,24,25). The first-order valence-corrected chi connectivity index (χ1v) is 10.7. The normalized spacial score (nSPS) is 13.5. The minimum absolute atomic E-state index is 0.0793. The van der Waals surface area contributed by atoms with E-state index in [2.05, 4.69) is 18.6 Å². The second-order valence-electron chi connectivity index (χ2n) is 6.84. The summed E-state index contributed by atoms with van der Waals surface area (Å²) in [5, 5.41) is 8.82. The lowest BCUT2D eigenvalue weighted by Gasteiger charge is -2.17. The van der Waals surface area contributed by atoms with E-state index in [9.17, 15) is 18.0 Å². The minimum atomic E-state index is -4.17. The summed E-state index contributed by atoms with van der Waals surface area (Å²) in [7, 11) is -4.17. The number of para-hydroxylation sites is 1. The molecule has 0 heterocycles. The monoisotopic (exact) mass is 419 g/mol. The van der Waals surface area contributed by atoms with Crippen LogP contribution in [0, 0.1) is 6.92 Å².